The van der Waals surface area contributed by atoms with Crippen LogP contribution in [0.2, 0.25) is 0 Å². The molecular weight excluding hydrogens is 236 g/mol. The zero-order valence-electron chi connectivity index (χ0n) is 9.85. The van der Waals surface area contributed by atoms with E-state index in [1.54, 1.807) is 11.3 Å². The van der Waals surface area contributed by atoms with E-state index >= 15 is 0 Å². The molecule has 0 radical (unpaired) electrons. The maximum Gasteiger partial charge on any atom is 0.185 e. The van der Waals surface area contributed by atoms with Gasteiger partial charge in [-0.15, -0.1) is 11.3 Å². The van der Waals surface area contributed by atoms with Gasteiger partial charge in [0.1, 0.15) is 0 Å². The number of thiazole rings is 1. The van der Waals surface area contributed by atoms with E-state index in [1.165, 1.54) is 0 Å². The van der Waals surface area contributed by atoms with Crippen molar-refractivity contribution in [1.82, 2.24) is 10.3 Å². The van der Waals surface area contributed by atoms with Crippen LogP contribution in [0.3, 0.4) is 0 Å². The molecule has 1 fully saturated rings. The highest BCUT2D eigenvalue weighted by Gasteiger charge is 2.22. The van der Waals surface area contributed by atoms with Crippen molar-refractivity contribution in [3.05, 3.63) is 11.1 Å². The molecule has 1 aromatic heterocycles. The molecule has 0 spiro atoms. The van der Waals surface area contributed by atoms with Crippen LogP contribution in [0.4, 0.5) is 5.13 Å². The van der Waals surface area contributed by atoms with Crippen LogP contribution in [0.5, 0.6) is 0 Å². The van der Waals surface area contributed by atoms with Gasteiger partial charge in [-0.05, 0) is 6.54 Å². The first-order valence-electron chi connectivity index (χ1n) is 5.74. The van der Waals surface area contributed by atoms with Crippen molar-refractivity contribution in [3.8, 4) is 6.07 Å². The first kappa shape index (κ1) is 12.3. The topological polar surface area (TPSA) is 61.2 Å². The summed E-state index contributed by atoms with van der Waals surface area (Å²) in [6, 6.07) is 2.15. The highest BCUT2D eigenvalue weighted by Crippen LogP contribution is 2.22. The molecule has 2 rings (SSSR count). The van der Waals surface area contributed by atoms with Crippen molar-refractivity contribution >= 4 is 16.5 Å². The monoisotopic (exact) mass is 252 g/mol. The Hall–Kier alpha value is -1.16. The first-order chi connectivity index (χ1) is 8.33. The van der Waals surface area contributed by atoms with Gasteiger partial charge in [-0.3, -0.25) is 0 Å². The zero-order valence-corrected chi connectivity index (χ0v) is 10.7. The molecule has 0 saturated carbocycles. The molecule has 1 aliphatic rings. The minimum atomic E-state index is -0.329. The third-order valence-electron chi connectivity index (χ3n) is 2.58. The first-order valence-corrected chi connectivity index (χ1v) is 6.62. The third-order valence-corrected chi connectivity index (χ3v) is 3.53. The predicted molar refractivity (Wildman–Crippen MR) is 67.1 cm³/mol. The Kier molecular flexibility index (Phi) is 4.31. The molecule has 1 aliphatic heterocycles. The highest BCUT2D eigenvalue weighted by atomic mass is 32.1. The van der Waals surface area contributed by atoms with Crippen molar-refractivity contribution in [2.24, 2.45) is 0 Å². The number of nitrogens with one attached hydrogen (secondary N) is 1. The van der Waals surface area contributed by atoms with Crippen LogP contribution < -0.4 is 10.2 Å². The zero-order chi connectivity index (χ0) is 12.1. The largest absolute Gasteiger partial charge is 0.360 e. The van der Waals surface area contributed by atoms with Crippen molar-refractivity contribution in [2.75, 3.05) is 31.1 Å². The molecule has 1 saturated heterocycles. The summed E-state index contributed by atoms with van der Waals surface area (Å²) >= 11 is 1.63. The molecule has 2 heterocycles. The Labute approximate surface area is 105 Å². The van der Waals surface area contributed by atoms with Crippen LogP contribution >= 0.6 is 11.3 Å². The second-order valence-electron chi connectivity index (χ2n) is 3.84. The van der Waals surface area contributed by atoms with Gasteiger partial charge in [-0.25, -0.2) is 4.98 Å². The molecule has 0 aliphatic carbocycles. The maximum absolute atomic E-state index is 8.85. The molecule has 1 N–H and O–H groups in total. The smallest absolute Gasteiger partial charge is 0.185 e. The second kappa shape index (κ2) is 5.96. The number of anilines is 1. The molecule has 17 heavy (non-hydrogen) atoms. The number of nitriles is 1. The van der Waals surface area contributed by atoms with E-state index in [0.717, 1.165) is 30.5 Å². The van der Waals surface area contributed by atoms with Gasteiger partial charge in [0.2, 0.25) is 0 Å². The summed E-state index contributed by atoms with van der Waals surface area (Å²) in [5.41, 5.74) is 1.06. The molecule has 0 amide bonds. The van der Waals surface area contributed by atoms with E-state index in [9.17, 15) is 0 Å². The number of hydrogen-bond donors (Lipinski definition) is 1. The summed E-state index contributed by atoms with van der Waals surface area (Å²) in [5.74, 6) is 0. The number of nitrogens with zero attached hydrogens (tertiary/aromatic N) is 3. The predicted octanol–water partition coefficient (Wildman–Crippen LogP) is 0.981. The van der Waals surface area contributed by atoms with Gasteiger partial charge < -0.3 is 15.0 Å². The standard InChI is InChI=1S/C11H16N4OS/c1-2-13-6-9-8-17-11(14-9)15-3-4-16-10(5-12)7-15/h8,10,13H,2-4,6-7H2,1H3. The van der Waals surface area contributed by atoms with Crippen LogP contribution in [0.1, 0.15) is 12.6 Å². The highest BCUT2D eigenvalue weighted by molar-refractivity contribution is 7.13. The number of hydrogen-bond acceptors (Lipinski definition) is 6. The van der Waals surface area contributed by atoms with Crippen LogP contribution in [0.25, 0.3) is 0 Å². The van der Waals surface area contributed by atoms with Crippen LogP contribution in [-0.2, 0) is 11.3 Å². The second-order valence-corrected chi connectivity index (χ2v) is 4.67. The summed E-state index contributed by atoms with van der Waals surface area (Å²) in [6.45, 7) is 5.85. The molecule has 5 nitrogen and oxygen atoms in total. The Morgan fingerprint density at radius 1 is 1.76 bits per heavy atom. The van der Waals surface area contributed by atoms with Gasteiger partial charge in [-0.1, -0.05) is 6.92 Å². The fourth-order valence-corrected chi connectivity index (χ4v) is 2.54. The summed E-state index contributed by atoms with van der Waals surface area (Å²) in [5, 5.41) is 15.1. The van der Waals surface area contributed by atoms with Crippen molar-refractivity contribution in [3.63, 3.8) is 0 Å². The molecule has 1 unspecified atom stereocenters. The molecule has 1 atom stereocenters. The van der Waals surface area contributed by atoms with Crippen molar-refractivity contribution in [1.29, 1.82) is 5.26 Å². The van der Waals surface area contributed by atoms with E-state index in [1.807, 2.05) is 0 Å². The lowest BCUT2D eigenvalue weighted by molar-refractivity contribution is 0.0764. The normalized spacial score (nSPS) is 20.2. The van der Waals surface area contributed by atoms with Crippen LogP contribution in [-0.4, -0.2) is 37.3 Å². The maximum atomic E-state index is 8.85. The number of aromatic nitrogens is 1. The molecule has 1 aromatic rings. The van der Waals surface area contributed by atoms with Crippen molar-refractivity contribution in [2.45, 2.75) is 19.6 Å². The molecule has 92 valence electrons. The Bertz CT molecular complexity index is 400. The van der Waals surface area contributed by atoms with E-state index < -0.39 is 0 Å². The van der Waals surface area contributed by atoms with Crippen molar-refractivity contribution < 1.29 is 4.74 Å². The van der Waals surface area contributed by atoms with Gasteiger partial charge >= 0.3 is 0 Å². The van der Waals surface area contributed by atoms with Crippen LogP contribution in [0.15, 0.2) is 5.38 Å². The van der Waals surface area contributed by atoms with E-state index in [2.05, 4.69) is 33.6 Å². The number of rotatable bonds is 4. The van der Waals surface area contributed by atoms with Gasteiger partial charge in [-0.2, -0.15) is 5.26 Å². The molecule has 0 aromatic carbocycles. The molecule has 6 heteroatoms. The number of morpholine rings is 1. The Morgan fingerprint density at radius 3 is 3.41 bits per heavy atom. The summed E-state index contributed by atoms with van der Waals surface area (Å²) in [7, 11) is 0. The summed E-state index contributed by atoms with van der Waals surface area (Å²) < 4.78 is 5.31. The van der Waals surface area contributed by atoms with Crippen LogP contribution in [0, 0.1) is 11.3 Å². The van der Waals surface area contributed by atoms with Gasteiger partial charge in [0, 0.05) is 18.5 Å². The minimum absolute atomic E-state index is 0.329. The minimum Gasteiger partial charge on any atom is -0.360 e. The van der Waals surface area contributed by atoms with E-state index in [4.69, 9.17) is 10.00 Å². The van der Waals surface area contributed by atoms with E-state index in [0.29, 0.717) is 13.2 Å². The third kappa shape index (κ3) is 3.16. The molecular formula is C11H16N4OS. The summed E-state index contributed by atoms with van der Waals surface area (Å²) in [6.07, 6.45) is -0.329. The summed E-state index contributed by atoms with van der Waals surface area (Å²) in [4.78, 5) is 6.68. The van der Waals surface area contributed by atoms with E-state index in [-0.39, 0.29) is 6.10 Å². The Morgan fingerprint density at radius 2 is 2.65 bits per heavy atom. The number of ether oxygens (including phenoxy) is 1. The quantitative estimate of drug-likeness (QED) is 0.865. The molecule has 0 bridgehead atoms. The lowest BCUT2D eigenvalue weighted by atomic mass is 10.3. The SMILES string of the molecule is CCNCc1csc(N2CCOC(C#N)C2)n1. The van der Waals surface area contributed by atoms with Gasteiger partial charge in [0.15, 0.2) is 11.2 Å². The van der Waals surface area contributed by atoms with Gasteiger partial charge in [0.25, 0.3) is 0 Å². The lowest BCUT2D eigenvalue weighted by Gasteiger charge is -2.29. The average Bonchev–Trinajstić information content (AvgIpc) is 2.85. The van der Waals surface area contributed by atoms with Gasteiger partial charge in [0.05, 0.1) is 24.9 Å². The fraction of sp³-hybridized carbons (Fsp3) is 0.636. The lowest BCUT2D eigenvalue weighted by Crippen LogP contribution is -2.41. The average molecular weight is 252 g/mol. The Balaban J connectivity index is 1.97. The fourth-order valence-electron chi connectivity index (χ4n) is 1.68.